The van der Waals surface area contributed by atoms with E-state index in [2.05, 4.69) is 46.5 Å². The lowest BCUT2D eigenvalue weighted by atomic mass is 10.1. The molecule has 0 amide bonds. The molecule has 0 aromatic heterocycles. The van der Waals surface area contributed by atoms with Crippen LogP contribution >= 0.6 is 0 Å². The maximum Gasteiger partial charge on any atom is 0.192 e. The molecule has 0 unspecified atom stereocenters. The van der Waals surface area contributed by atoms with Crippen molar-refractivity contribution < 1.29 is 13.9 Å². The van der Waals surface area contributed by atoms with Crippen molar-refractivity contribution in [2.45, 2.75) is 83.3 Å². The van der Waals surface area contributed by atoms with E-state index in [0.717, 1.165) is 0 Å². The van der Waals surface area contributed by atoms with Crippen LogP contribution in [0.5, 0.6) is 0 Å². The number of hydrogen-bond donors (Lipinski definition) is 0. The van der Waals surface area contributed by atoms with Gasteiger partial charge in [-0.2, -0.15) is 5.26 Å². The molecule has 0 saturated carbocycles. The van der Waals surface area contributed by atoms with Crippen molar-refractivity contribution >= 4 is 8.32 Å². The van der Waals surface area contributed by atoms with Gasteiger partial charge in [0, 0.05) is 0 Å². The van der Waals surface area contributed by atoms with Crippen LogP contribution in [-0.2, 0) is 13.9 Å². The summed E-state index contributed by atoms with van der Waals surface area (Å²) in [7, 11) is -1.98. The molecule has 0 aliphatic carbocycles. The fraction of sp³-hybridized carbons (Fsp3) is 0.812. The lowest BCUT2D eigenvalue weighted by molar-refractivity contribution is -0.152. The molecule has 4 nitrogen and oxygen atoms in total. The lowest BCUT2D eigenvalue weighted by Gasteiger charge is -2.40. The number of ether oxygens (including phenoxy) is 2. The third-order valence-electron chi connectivity index (χ3n) is 4.31. The van der Waals surface area contributed by atoms with Crippen LogP contribution in [0.2, 0.25) is 18.1 Å². The highest BCUT2D eigenvalue weighted by atomic mass is 28.4. The van der Waals surface area contributed by atoms with Gasteiger partial charge in [0.15, 0.2) is 14.1 Å². The Morgan fingerprint density at radius 1 is 1.38 bits per heavy atom. The number of nitrogens with zero attached hydrogens (tertiary/aromatic N) is 1. The van der Waals surface area contributed by atoms with Gasteiger partial charge in [0.1, 0.15) is 12.2 Å². The summed E-state index contributed by atoms with van der Waals surface area (Å²) in [6.07, 6.45) is 1.20. The van der Waals surface area contributed by atoms with E-state index in [1.54, 1.807) is 6.08 Å². The van der Waals surface area contributed by atoms with E-state index >= 15 is 0 Å². The van der Waals surface area contributed by atoms with Gasteiger partial charge in [0.2, 0.25) is 0 Å². The van der Waals surface area contributed by atoms with E-state index in [9.17, 15) is 0 Å². The van der Waals surface area contributed by atoms with Gasteiger partial charge in [0.25, 0.3) is 0 Å². The molecule has 0 aromatic carbocycles. The summed E-state index contributed by atoms with van der Waals surface area (Å²) in [5, 5.41) is 9.23. The van der Waals surface area contributed by atoms with Crippen molar-refractivity contribution in [1.29, 1.82) is 5.26 Å². The summed E-state index contributed by atoms with van der Waals surface area (Å²) in [6, 6.07) is 2.22. The van der Waals surface area contributed by atoms with Crippen LogP contribution in [0.15, 0.2) is 12.7 Å². The van der Waals surface area contributed by atoms with Gasteiger partial charge in [0.05, 0.1) is 18.6 Å². The number of rotatable bonds is 5. The third kappa shape index (κ3) is 4.40. The van der Waals surface area contributed by atoms with Crippen LogP contribution in [0.25, 0.3) is 0 Å². The first-order valence-corrected chi connectivity index (χ1v) is 10.4. The van der Waals surface area contributed by atoms with E-state index < -0.39 is 14.1 Å². The maximum absolute atomic E-state index is 9.15. The van der Waals surface area contributed by atoms with E-state index in [4.69, 9.17) is 19.2 Å². The quantitative estimate of drug-likeness (QED) is 0.569. The largest absolute Gasteiger partial charge is 0.410 e. The zero-order valence-corrected chi connectivity index (χ0v) is 15.4. The maximum atomic E-state index is 9.15. The third-order valence-corrected chi connectivity index (χ3v) is 8.81. The molecule has 1 heterocycles. The van der Waals surface area contributed by atoms with Crippen molar-refractivity contribution in [3.05, 3.63) is 12.7 Å². The second kappa shape index (κ2) is 6.21. The second-order valence-corrected chi connectivity index (χ2v) is 12.3. The zero-order valence-electron chi connectivity index (χ0n) is 14.4. The highest BCUT2D eigenvalue weighted by Crippen LogP contribution is 2.40. The molecule has 0 bridgehead atoms. The van der Waals surface area contributed by atoms with Crippen molar-refractivity contribution in [2.24, 2.45) is 0 Å². The predicted molar refractivity (Wildman–Crippen MR) is 86.3 cm³/mol. The second-order valence-electron chi connectivity index (χ2n) is 7.58. The molecule has 21 heavy (non-hydrogen) atoms. The average molecular weight is 311 g/mol. The molecule has 1 saturated heterocycles. The van der Waals surface area contributed by atoms with Gasteiger partial charge >= 0.3 is 0 Å². The summed E-state index contributed by atoms with van der Waals surface area (Å²) in [5.41, 5.74) is 0. The number of hydrogen-bond acceptors (Lipinski definition) is 4. The molecule has 0 N–H and O–H groups in total. The smallest absolute Gasteiger partial charge is 0.192 e. The van der Waals surface area contributed by atoms with Crippen LogP contribution in [0.3, 0.4) is 0 Å². The summed E-state index contributed by atoms with van der Waals surface area (Å²) >= 11 is 0. The number of nitriles is 1. The summed E-state index contributed by atoms with van der Waals surface area (Å²) in [4.78, 5) is 0. The van der Waals surface area contributed by atoms with Crippen LogP contribution < -0.4 is 0 Å². The summed E-state index contributed by atoms with van der Waals surface area (Å²) in [6.45, 7) is 18.5. The van der Waals surface area contributed by atoms with Crippen LogP contribution in [0.4, 0.5) is 0 Å². The zero-order chi connectivity index (χ0) is 16.5. The topological polar surface area (TPSA) is 51.5 Å². The van der Waals surface area contributed by atoms with Gasteiger partial charge < -0.3 is 13.9 Å². The van der Waals surface area contributed by atoms with Crippen molar-refractivity contribution in [3.8, 4) is 6.07 Å². The van der Waals surface area contributed by atoms with E-state index in [1.165, 1.54) is 0 Å². The van der Waals surface area contributed by atoms with Crippen molar-refractivity contribution in [1.82, 2.24) is 0 Å². The normalized spacial score (nSPS) is 27.1. The first-order chi connectivity index (χ1) is 9.43. The first-order valence-electron chi connectivity index (χ1n) is 7.46. The molecular weight excluding hydrogens is 282 g/mol. The minimum absolute atomic E-state index is 0.0827. The summed E-state index contributed by atoms with van der Waals surface area (Å²) in [5.74, 6) is -0.673. The Labute approximate surface area is 130 Å². The minimum Gasteiger partial charge on any atom is -0.410 e. The van der Waals surface area contributed by atoms with Gasteiger partial charge in [-0.25, -0.2) is 0 Å². The molecule has 3 atom stereocenters. The van der Waals surface area contributed by atoms with Gasteiger partial charge in [-0.15, -0.1) is 6.58 Å². The summed E-state index contributed by atoms with van der Waals surface area (Å²) < 4.78 is 18.2. The Bertz CT molecular complexity index is 420. The Morgan fingerprint density at radius 3 is 2.38 bits per heavy atom. The van der Waals surface area contributed by atoms with Crippen molar-refractivity contribution in [2.75, 3.05) is 0 Å². The highest BCUT2D eigenvalue weighted by molar-refractivity contribution is 6.74. The van der Waals surface area contributed by atoms with Crippen molar-refractivity contribution in [3.63, 3.8) is 0 Å². The molecule has 1 aliphatic rings. The Hall–Kier alpha value is -0.673. The average Bonchev–Trinajstić information content (AvgIpc) is 2.62. The minimum atomic E-state index is -1.98. The Morgan fingerprint density at radius 2 is 1.95 bits per heavy atom. The molecule has 1 fully saturated rings. The van der Waals surface area contributed by atoms with E-state index in [1.807, 2.05) is 13.8 Å². The molecule has 120 valence electrons. The van der Waals surface area contributed by atoms with Crippen LogP contribution in [0.1, 0.15) is 41.0 Å². The van der Waals surface area contributed by atoms with Gasteiger partial charge in [-0.1, -0.05) is 26.8 Å². The fourth-order valence-corrected chi connectivity index (χ4v) is 3.48. The lowest BCUT2D eigenvalue weighted by Crippen LogP contribution is -2.49. The Balaban J connectivity index is 2.97. The molecule has 0 spiro atoms. The SMILES string of the molecule is C=C[C@@H]1OC(C)(C)O[C@@H]1[C@H](CC#N)O[Si](C)(C)C(C)(C)C. The molecule has 0 aromatic rings. The fourth-order valence-electron chi connectivity index (χ4n) is 2.16. The molecule has 0 radical (unpaired) electrons. The van der Waals surface area contributed by atoms with Gasteiger partial charge in [-0.05, 0) is 32.0 Å². The highest BCUT2D eigenvalue weighted by Gasteiger charge is 2.47. The molecule has 1 aliphatic heterocycles. The predicted octanol–water partition coefficient (Wildman–Crippen LogP) is 4.00. The molecule has 1 rings (SSSR count). The monoisotopic (exact) mass is 311 g/mol. The van der Waals surface area contributed by atoms with Gasteiger partial charge in [-0.3, -0.25) is 0 Å². The van der Waals surface area contributed by atoms with E-state index in [0.29, 0.717) is 6.42 Å². The standard InChI is InChI=1S/C16H29NO3Si/c1-9-12-14(19-16(5,6)18-12)13(10-11-17)20-21(7,8)15(2,3)4/h9,12-14H,1,10H2,2-8H3/t12-,13-,14-/m0/s1. The van der Waals surface area contributed by atoms with Crippen LogP contribution in [0, 0.1) is 11.3 Å². The molecule has 5 heteroatoms. The Kier molecular flexibility index (Phi) is 5.44. The first kappa shape index (κ1) is 18.4. The van der Waals surface area contributed by atoms with Crippen LogP contribution in [-0.4, -0.2) is 32.4 Å². The van der Waals surface area contributed by atoms with E-state index in [-0.39, 0.29) is 23.4 Å². The molecular formula is C16H29NO3Si.